The lowest BCUT2D eigenvalue weighted by molar-refractivity contribution is -0.126. The first kappa shape index (κ1) is 27.4. The molecule has 0 spiro atoms. The standard InChI is InChI=1S/C26H35FN4O5S/c1-19(30-15-17-35-18-16-30)9-12-28-26(32)22-10-13-31(14-11-22)37(33,34)25-20(2)29-36-24(25)8-7-21-5-3-4-6-23(21)27/h3-8,19,22H,9-18H2,1-2H3,(H,28,32)/b8-7+. The second kappa shape index (κ2) is 12.3. The maximum Gasteiger partial charge on any atom is 0.248 e. The zero-order valence-electron chi connectivity index (χ0n) is 21.4. The summed E-state index contributed by atoms with van der Waals surface area (Å²) in [6.45, 7) is 8.09. The highest BCUT2D eigenvalue weighted by Gasteiger charge is 2.36. The Kier molecular flexibility index (Phi) is 9.12. The minimum atomic E-state index is -3.90. The van der Waals surface area contributed by atoms with Crippen molar-refractivity contribution in [2.75, 3.05) is 45.9 Å². The Morgan fingerprint density at radius 3 is 2.59 bits per heavy atom. The molecule has 9 nitrogen and oxygen atoms in total. The lowest BCUT2D eigenvalue weighted by atomic mass is 9.97. The number of piperidine rings is 1. The predicted octanol–water partition coefficient (Wildman–Crippen LogP) is 2.92. The maximum atomic E-state index is 14.0. The Hall–Kier alpha value is -2.60. The van der Waals surface area contributed by atoms with E-state index >= 15 is 0 Å². The topological polar surface area (TPSA) is 105 Å². The predicted molar refractivity (Wildman–Crippen MR) is 138 cm³/mol. The summed E-state index contributed by atoms with van der Waals surface area (Å²) in [5.74, 6) is -0.625. The van der Waals surface area contributed by atoms with E-state index < -0.39 is 15.8 Å². The molecule has 1 atom stereocenters. The molecule has 0 aliphatic carbocycles. The van der Waals surface area contributed by atoms with Gasteiger partial charge in [-0.2, -0.15) is 4.31 Å². The molecule has 1 aromatic heterocycles. The van der Waals surface area contributed by atoms with Crippen LogP contribution in [0.2, 0.25) is 0 Å². The summed E-state index contributed by atoms with van der Waals surface area (Å²) in [6, 6.07) is 6.55. The average Bonchev–Trinajstić information content (AvgIpc) is 3.29. The first-order valence-corrected chi connectivity index (χ1v) is 14.2. The van der Waals surface area contributed by atoms with Crippen LogP contribution >= 0.6 is 0 Å². The van der Waals surface area contributed by atoms with E-state index in [4.69, 9.17) is 9.26 Å². The number of sulfonamides is 1. The van der Waals surface area contributed by atoms with Gasteiger partial charge in [0.2, 0.25) is 15.9 Å². The molecule has 37 heavy (non-hydrogen) atoms. The second-order valence-corrected chi connectivity index (χ2v) is 11.4. The molecule has 11 heteroatoms. The Labute approximate surface area is 217 Å². The van der Waals surface area contributed by atoms with Crippen LogP contribution in [0, 0.1) is 18.7 Å². The molecule has 2 saturated heterocycles. The molecule has 2 fully saturated rings. The normalized spacial score (nSPS) is 19.3. The van der Waals surface area contributed by atoms with Crippen LogP contribution in [-0.2, 0) is 19.6 Å². The first-order valence-electron chi connectivity index (χ1n) is 12.8. The molecule has 1 unspecified atom stereocenters. The summed E-state index contributed by atoms with van der Waals surface area (Å²) in [7, 11) is -3.90. The van der Waals surface area contributed by atoms with Crippen molar-refractivity contribution in [2.24, 2.45) is 5.92 Å². The third-order valence-electron chi connectivity index (χ3n) is 7.11. The van der Waals surface area contributed by atoms with Crippen LogP contribution in [-0.4, -0.2) is 80.7 Å². The molecule has 0 saturated carbocycles. The number of carbonyl (C=O) groups is 1. The molecule has 4 rings (SSSR count). The molecule has 0 bridgehead atoms. The van der Waals surface area contributed by atoms with Gasteiger partial charge in [-0.05, 0) is 51.3 Å². The van der Waals surface area contributed by atoms with Gasteiger partial charge >= 0.3 is 0 Å². The van der Waals surface area contributed by atoms with Crippen LogP contribution in [0.4, 0.5) is 4.39 Å². The van der Waals surface area contributed by atoms with Crippen LogP contribution < -0.4 is 5.32 Å². The Balaban J connectivity index is 1.32. The van der Waals surface area contributed by atoms with Crippen LogP contribution in [0.5, 0.6) is 0 Å². The van der Waals surface area contributed by atoms with E-state index in [1.807, 2.05) is 0 Å². The molecule has 1 N–H and O–H groups in total. The number of nitrogens with one attached hydrogen (secondary N) is 1. The number of hydrogen-bond acceptors (Lipinski definition) is 7. The summed E-state index contributed by atoms with van der Waals surface area (Å²) in [5, 5.41) is 6.87. The summed E-state index contributed by atoms with van der Waals surface area (Å²) in [5.41, 5.74) is 0.550. The maximum absolute atomic E-state index is 14.0. The summed E-state index contributed by atoms with van der Waals surface area (Å²) in [6.07, 6.45) is 4.62. The lowest BCUT2D eigenvalue weighted by Gasteiger charge is -2.33. The molecule has 2 aliphatic heterocycles. The van der Waals surface area contributed by atoms with Crippen molar-refractivity contribution >= 4 is 28.1 Å². The number of aromatic nitrogens is 1. The number of rotatable bonds is 9. The van der Waals surface area contributed by atoms with Gasteiger partial charge in [0.15, 0.2) is 10.7 Å². The fourth-order valence-electron chi connectivity index (χ4n) is 4.81. The quantitative estimate of drug-likeness (QED) is 0.527. The van der Waals surface area contributed by atoms with E-state index in [0.29, 0.717) is 31.0 Å². The van der Waals surface area contributed by atoms with E-state index in [1.54, 1.807) is 25.1 Å². The number of hydrogen-bond donors (Lipinski definition) is 1. The number of nitrogens with zero attached hydrogens (tertiary/aromatic N) is 3. The molecule has 0 radical (unpaired) electrons. The van der Waals surface area contributed by atoms with E-state index in [0.717, 1.165) is 32.7 Å². The molecule has 2 aromatic rings. The Morgan fingerprint density at radius 1 is 1.19 bits per heavy atom. The van der Waals surface area contributed by atoms with Gasteiger partial charge in [0.25, 0.3) is 0 Å². The van der Waals surface area contributed by atoms with Gasteiger partial charge in [-0.1, -0.05) is 23.4 Å². The van der Waals surface area contributed by atoms with Crippen LogP contribution in [0.3, 0.4) is 0 Å². The molecule has 3 heterocycles. The van der Waals surface area contributed by atoms with E-state index in [-0.39, 0.29) is 41.3 Å². The number of carbonyl (C=O) groups excluding carboxylic acids is 1. The zero-order valence-corrected chi connectivity index (χ0v) is 22.2. The minimum absolute atomic E-state index is 0.0270. The van der Waals surface area contributed by atoms with Crippen molar-refractivity contribution in [3.8, 4) is 0 Å². The molecule has 1 amide bonds. The number of aryl methyl sites for hydroxylation is 1. The van der Waals surface area contributed by atoms with Gasteiger partial charge in [0.1, 0.15) is 11.5 Å². The SMILES string of the molecule is Cc1noc(/C=C/c2ccccc2F)c1S(=O)(=O)N1CCC(C(=O)NCCC(C)N2CCOCC2)CC1. The van der Waals surface area contributed by atoms with Crippen molar-refractivity contribution in [3.63, 3.8) is 0 Å². The Morgan fingerprint density at radius 2 is 1.89 bits per heavy atom. The third kappa shape index (κ3) is 6.64. The average molecular weight is 535 g/mol. The molecular weight excluding hydrogens is 499 g/mol. The van der Waals surface area contributed by atoms with E-state index in [9.17, 15) is 17.6 Å². The van der Waals surface area contributed by atoms with Gasteiger partial charge in [-0.3, -0.25) is 9.69 Å². The fraction of sp³-hybridized carbons (Fsp3) is 0.538. The Bertz CT molecular complexity index is 1200. The molecule has 202 valence electrons. The fourth-order valence-corrected chi connectivity index (χ4v) is 6.53. The van der Waals surface area contributed by atoms with Crippen LogP contribution in [0.25, 0.3) is 12.2 Å². The van der Waals surface area contributed by atoms with Crippen molar-refractivity contribution in [1.82, 2.24) is 19.7 Å². The number of halogens is 1. The molecular formula is C26H35FN4O5S. The lowest BCUT2D eigenvalue weighted by Crippen LogP contribution is -2.45. The van der Waals surface area contributed by atoms with Crippen molar-refractivity contribution in [2.45, 2.75) is 44.0 Å². The highest BCUT2D eigenvalue weighted by molar-refractivity contribution is 7.89. The van der Waals surface area contributed by atoms with Crippen LogP contribution in [0.15, 0.2) is 33.7 Å². The van der Waals surface area contributed by atoms with Crippen LogP contribution in [0.1, 0.15) is 43.2 Å². The highest BCUT2D eigenvalue weighted by atomic mass is 32.2. The van der Waals surface area contributed by atoms with Gasteiger partial charge in [-0.15, -0.1) is 0 Å². The third-order valence-corrected chi connectivity index (χ3v) is 9.16. The van der Waals surface area contributed by atoms with E-state index in [1.165, 1.54) is 22.5 Å². The van der Waals surface area contributed by atoms with Gasteiger partial charge in [0, 0.05) is 50.2 Å². The van der Waals surface area contributed by atoms with Crippen molar-refractivity contribution in [1.29, 1.82) is 0 Å². The number of morpholine rings is 1. The number of ether oxygens (including phenoxy) is 1. The smallest absolute Gasteiger partial charge is 0.248 e. The van der Waals surface area contributed by atoms with Gasteiger partial charge in [-0.25, -0.2) is 12.8 Å². The second-order valence-electron chi connectivity index (χ2n) is 9.57. The number of amides is 1. The zero-order chi connectivity index (χ0) is 26.4. The highest BCUT2D eigenvalue weighted by Crippen LogP contribution is 2.29. The minimum Gasteiger partial charge on any atom is -0.379 e. The van der Waals surface area contributed by atoms with Gasteiger partial charge in [0.05, 0.1) is 13.2 Å². The van der Waals surface area contributed by atoms with Crippen molar-refractivity contribution in [3.05, 3.63) is 47.1 Å². The molecule has 2 aliphatic rings. The summed E-state index contributed by atoms with van der Waals surface area (Å²) in [4.78, 5) is 15.1. The largest absolute Gasteiger partial charge is 0.379 e. The summed E-state index contributed by atoms with van der Waals surface area (Å²) >= 11 is 0. The molecule has 1 aromatic carbocycles. The number of benzene rings is 1. The van der Waals surface area contributed by atoms with Crippen molar-refractivity contribution < 1.29 is 26.9 Å². The summed E-state index contributed by atoms with van der Waals surface area (Å²) < 4.78 is 52.9. The monoisotopic (exact) mass is 534 g/mol. The first-order chi connectivity index (χ1) is 17.8. The van der Waals surface area contributed by atoms with E-state index in [2.05, 4.69) is 22.3 Å². The van der Waals surface area contributed by atoms with Gasteiger partial charge < -0.3 is 14.6 Å².